The average Bonchev–Trinajstić information content (AvgIpc) is 3.55. The minimum atomic E-state index is -0.470. The zero-order valence-corrected chi connectivity index (χ0v) is 17.9. The van der Waals surface area contributed by atoms with Crippen molar-refractivity contribution in [3.05, 3.63) is 54.1 Å². The van der Waals surface area contributed by atoms with E-state index in [1.54, 1.807) is 20.4 Å². The lowest BCUT2D eigenvalue weighted by Crippen LogP contribution is -2.12. The first-order valence-corrected chi connectivity index (χ1v) is 10.4. The number of nitrogens with zero attached hydrogens (tertiary/aromatic N) is 5. The number of fused-ring (bicyclic) bond motifs is 6. The summed E-state index contributed by atoms with van der Waals surface area (Å²) in [6.07, 6.45) is 1.63. The standard InChI is InChI=1S/C23H19N5O5/c1-3-31-23(29)20-17-10-27-21(13-4-7-18-19(8-13)33-12-32-18)25-26-22(27)15-9-14(30-2)5-6-16(15)28(17)11-24-20/h4-9,11H,3,10,12H2,1-2H3. The van der Waals surface area contributed by atoms with Crippen LogP contribution in [0.4, 0.5) is 0 Å². The van der Waals surface area contributed by atoms with E-state index in [1.807, 2.05) is 45.5 Å². The van der Waals surface area contributed by atoms with E-state index in [-0.39, 0.29) is 19.1 Å². The van der Waals surface area contributed by atoms with Crippen molar-refractivity contribution in [3.63, 3.8) is 0 Å². The summed E-state index contributed by atoms with van der Waals surface area (Å²) in [4.78, 5) is 17.0. The van der Waals surface area contributed by atoms with E-state index in [4.69, 9.17) is 18.9 Å². The summed E-state index contributed by atoms with van der Waals surface area (Å²) in [6, 6.07) is 11.3. The Morgan fingerprint density at radius 3 is 2.79 bits per heavy atom. The lowest BCUT2D eigenvalue weighted by atomic mass is 10.1. The number of benzene rings is 2. The maximum Gasteiger partial charge on any atom is 0.358 e. The van der Waals surface area contributed by atoms with Crippen molar-refractivity contribution in [2.24, 2.45) is 0 Å². The topological polar surface area (TPSA) is 103 Å². The molecule has 2 aromatic carbocycles. The van der Waals surface area contributed by atoms with Gasteiger partial charge in [0.2, 0.25) is 6.79 Å². The fraction of sp³-hybridized carbons (Fsp3) is 0.217. The van der Waals surface area contributed by atoms with Gasteiger partial charge in [-0.1, -0.05) is 0 Å². The number of rotatable bonds is 4. The van der Waals surface area contributed by atoms with Crippen LogP contribution in [0.1, 0.15) is 23.1 Å². The fourth-order valence-electron chi connectivity index (χ4n) is 4.18. The summed E-state index contributed by atoms with van der Waals surface area (Å²) in [6.45, 7) is 2.53. The second-order valence-corrected chi connectivity index (χ2v) is 7.51. The van der Waals surface area contributed by atoms with Crippen LogP contribution in [-0.4, -0.2) is 50.8 Å². The first-order chi connectivity index (χ1) is 16.2. The quantitative estimate of drug-likeness (QED) is 0.389. The molecule has 0 spiro atoms. The molecule has 0 bridgehead atoms. The highest BCUT2D eigenvalue weighted by Gasteiger charge is 2.29. The summed E-state index contributed by atoms with van der Waals surface area (Å²) < 4.78 is 25.5. The Labute approximate surface area is 188 Å². The third kappa shape index (κ3) is 2.94. The Balaban J connectivity index is 1.58. The van der Waals surface area contributed by atoms with Gasteiger partial charge < -0.3 is 23.5 Å². The zero-order chi connectivity index (χ0) is 22.5. The van der Waals surface area contributed by atoms with Crippen molar-refractivity contribution >= 4 is 5.97 Å². The predicted octanol–water partition coefficient (Wildman–Crippen LogP) is 3.07. The highest BCUT2D eigenvalue weighted by atomic mass is 16.7. The molecule has 0 N–H and O–H groups in total. The number of methoxy groups -OCH3 is 1. The van der Waals surface area contributed by atoms with Crippen LogP contribution >= 0.6 is 0 Å². The van der Waals surface area contributed by atoms with Gasteiger partial charge in [-0.3, -0.25) is 4.57 Å². The third-order valence-electron chi connectivity index (χ3n) is 5.73. The second kappa shape index (κ2) is 7.37. The van der Waals surface area contributed by atoms with E-state index < -0.39 is 5.97 Å². The van der Waals surface area contributed by atoms with Crippen molar-refractivity contribution in [1.29, 1.82) is 0 Å². The van der Waals surface area contributed by atoms with Gasteiger partial charge in [0.1, 0.15) is 12.1 Å². The van der Waals surface area contributed by atoms with Gasteiger partial charge in [0.05, 0.1) is 31.6 Å². The minimum Gasteiger partial charge on any atom is -0.497 e. The summed E-state index contributed by atoms with van der Waals surface area (Å²) in [7, 11) is 1.61. The molecule has 0 amide bonds. The molecule has 0 unspecified atom stereocenters. The summed E-state index contributed by atoms with van der Waals surface area (Å²) in [5.74, 6) is 2.83. The average molecular weight is 445 g/mol. The molecule has 10 heteroatoms. The number of ether oxygens (including phenoxy) is 4. The number of carbonyl (C=O) groups is 1. The molecule has 4 aromatic rings. The van der Waals surface area contributed by atoms with Crippen molar-refractivity contribution in [2.45, 2.75) is 13.5 Å². The molecule has 0 atom stereocenters. The van der Waals surface area contributed by atoms with E-state index in [0.29, 0.717) is 41.1 Å². The molecule has 0 radical (unpaired) electrons. The van der Waals surface area contributed by atoms with Crippen molar-refractivity contribution in [3.8, 4) is 45.7 Å². The lowest BCUT2D eigenvalue weighted by Gasteiger charge is -2.10. The smallest absolute Gasteiger partial charge is 0.358 e. The molecule has 0 fully saturated rings. The van der Waals surface area contributed by atoms with Crippen LogP contribution in [0.25, 0.3) is 28.5 Å². The van der Waals surface area contributed by atoms with Crippen LogP contribution in [0, 0.1) is 0 Å². The van der Waals surface area contributed by atoms with E-state index in [9.17, 15) is 4.79 Å². The predicted molar refractivity (Wildman–Crippen MR) is 116 cm³/mol. The van der Waals surface area contributed by atoms with Crippen LogP contribution < -0.4 is 14.2 Å². The molecule has 0 aliphatic carbocycles. The Morgan fingerprint density at radius 1 is 1.09 bits per heavy atom. The summed E-state index contributed by atoms with van der Waals surface area (Å²) >= 11 is 0. The molecule has 166 valence electrons. The molecule has 4 heterocycles. The first kappa shape index (κ1) is 19.4. The van der Waals surface area contributed by atoms with Gasteiger partial charge >= 0.3 is 5.97 Å². The molecule has 6 rings (SSSR count). The van der Waals surface area contributed by atoms with Crippen molar-refractivity contribution in [2.75, 3.05) is 20.5 Å². The molecular formula is C23H19N5O5. The van der Waals surface area contributed by atoms with Gasteiger partial charge in [-0.15, -0.1) is 10.2 Å². The Morgan fingerprint density at radius 2 is 1.94 bits per heavy atom. The zero-order valence-electron chi connectivity index (χ0n) is 17.9. The SMILES string of the molecule is CCOC(=O)c1ncn2c1Cn1c(-c3ccc4c(c3)OCO4)nnc1-c1cc(OC)ccc1-2. The van der Waals surface area contributed by atoms with E-state index >= 15 is 0 Å². The normalized spacial score (nSPS) is 13.0. The van der Waals surface area contributed by atoms with E-state index in [2.05, 4.69) is 15.2 Å². The van der Waals surface area contributed by atoms with Crippen LogP contribution in [0.5, 0.6) is 17.2 Å². The first-order valence-electron chi connectivity index (χ1n) is 10.4. The minimum absolute atomic E-state index is 0.186. The van der Waals surface area contributed by atoms with Gasteiger partial charge in [0, 0.05) is 11.1 Å². The van der Waals surface area contributed by atoms with Crippen molar-refractivity contribution < 1.29 is 23.7 Å². The fourth-order valence-corrected chi connectivity index (χ4v) is 4.18. The molecule has 0 saturated carbocycles. The monoisotopic (exact) mass is 445 g/mol. The summed E-state index contributed by atoms with van der Waals surface area (Å²) in [5.41, 5.74) is 3.38. The number of carbonyl (C=O) groups excluding carboxylic acids is 1. The Bertz CT molecular complexity index is 1410. The third-order valence-corrected chi connectivity index (χ3v) is 5.73. The van der Waals surface area contributed by atoms with Crippen LogP contribution in [0.2, 0.25) is 0 Å². The molecular weight excluding hydrogens is 426 g/mol. The van der Waals surface area contributed by atoms with Gasteiger partial charge in [-0.2, -0.15) is 0 Å². The van der Waals surface area contributed by atoms with Crippen LogP contribution in [-0.2, 0) is 11.3 Å². The molecule has 2 aromatic heterocycles. The van der Waals surface area contributed by atoms with Gasteiger partial charge in [-0.25, -0.2) is 9.78 Å². The Hall–Kier alpha value is -4.34. The van der Waals surface area contributed by atoms with Crippen molar-refractivity contribution in [1.82, 2.24) is 24.3 Å². The van der Waals surface area contributed by atoms with Gasteiger partial charge in [0.25, 0.3) is 0 Å². The number of aromatic nitrogens is 5. The van der Waals surface area contributed by atoms with Gasteiger partial charge in [-0.05, 0) is 43.3 Å². The Kier molecular flexibility index (Phi) is 4.32. The lowest BCUT2D eigenvalue weighted by molar-refractivity contribution is 0.0518. The van der Waals surface area contributed by atoms with Crippen LogP contribution in [0.3, 0.4) is 0 Å². The number of hydrogen-bond acceptors (Lipinski definition) is 8. The highest BCUT2D eigenvalue weighted by molar-refractivity contribution is 5.89. The number of hydrogen-bond donors (Lipinski definition) is 0. The molecule has 2 aliphatic heterocycles. The number of imidazole rings is 1. The van der Waals surface area contributed by atoms with Gasteiger partial charge in [0.15, 0.2) is 28.8 Å². The molecule has 10 nitrogen and oxygen atoms in total. The second-order valence-electron chi connectivity index (χ2n) is 7.51. The molecule has 2 aliphatic rings. The summed E-state index contributed by atoms with van der Waals surface area (Å²) in [5, 5.41) is 9.00. The number of esters is 1. The molecule has 33 heavy (non-hydrogen) atoms. The maximum absolute atomic E-state index is 12.6. The van der Waals surface area contributed by atoms with E-state index in [1.165, 1.54) is 0 Å². The molecule has 0 saturated heterocycles. The largest absolute Gasteiger partial charge is 0.497 e. The highest BCUT2D eigenvalue weighted by Crippen LogP contribution is 2.39. The maximum atomic E-state index is 12.6. The van der Waals surface area contributed by atoms with Crippen LogP contribution in [0.15, 0.2) is 42.7 Å². The van der Waals surface area contributed by atoms with E-state index in [0.717, 1.165) is 16.8 Å².